The van der Waals surface area contributed by atoms with Gasteiger partial charge in [-0.05, 0) is 79.7 Å². The summed E-state index contributed by atoms with van der Waals surface area (Å²) in [5.41, 5.74) is 8.19. The van der Waals surface area contributed by atoms with Crippen LogP contribution in [0.4, 0.5) is 17.1 Å². The smallest absolute Gasteiger partial charge is 0.264 e. The van der Waals surface area contributed by atoms with Gasteiger partial charge in [0.05, 0.1) is 25.4 Å². The summed E-state index contributed by atoms with van der Waals surface area (Å²) in [6, 6.07) is 19.6. The number of nitrogens with one attached hydrogen (secondary N) is 1. The zero-order valence-electron chi connectivity index (χ0n) is 23.8. The molecule has 216 valence electrons. The summed E-state index contributed by atoms with van der Waals surface area (Å²) in [7, 11) is -1.20. The normalized spacial score (nSPS) is 23.6. The Morgan fingerprint density at radius 2 is 1.80 bits per heavy atom. The quantitative estimate of drug-likeness (QED) is 0.233. The SMILES string of the molecule is COc1ccc2c(c1)[C@@]1(O[C@H](CCO)[C@@H]([Si](C)(C)O)[C@@H]1C)C(=O)N2Cc1ccc(NC(=O)c2ccc(N)cc2)cc1. The largest absolute Gasteiger partial charge is 0.497 e. The Balaban J connectivity index is 1.44. The van der Waals surface area contributed by atoms with Gasteiger partial charge in [0.15, 0.2) is 13.9 Å². The number of hydrogen-bond donors (Lipinski definition) is 4. The lowest BCUT2D eigenvalue weighted by Gasteiger charge is -2.32. The van der Waals surface area contributed by atoms with E-state index < -0.39 is 20.0 Å². The van der Waals surface area contributed by atoms with Crippen LogP contribution < -0.4 is 20.7 Å². The number of methoxy groups -OCH3 is 1. The zero-order valence-corrected chi connectivity index (χ0v) is 24.8. The second-order valence-electron chi connectivity index (χ2n) is 11.4. The number of ether oxygens (including phenoxy) is 2. The van der Waals surface area contributed by atoms with Crippen LogP contribution in [0.25, 0.3) is 0 Å². The van der Waals surface area contributed by atoms with E-state index in [1.54, 1.807) is 48.4 Å². The summed E-state index contributed by atoms with van der Waals surface area (Å²) in [6.07, 6.45) is -0.113. The number of carbonyl (C=O) groups is 2. The Bertz CT molecular complexity index is 1440. The molecule has 4 atom stereocenters. The number of nitrogens with zero attached hydrogens (tertiary/aromatic N) is 1. The third-order valence-corrected chi connectivity index (χ3v) is 10.8. The highest BCUT2D eigenvalue weighted by molar-refractivity contribution is 6.71. The first-order valence-electron chi connectivity index (χ1n) is 13.8. The highest BCUT2D eigenvalue weighted by atomic mass is 28.4. The molecule has 2 heterocycles. The van der Waals surface area contributed by atoms with Crippen molar-refractivity contribution in [2.24, 2.45) is 5.92 Å². The Morgan fingerprint density at radius 3 is 2.41 bits per heavy atom. The van der Waals surface area contributed by atoms with Gasteiger partial charge < -0.3 is 35.3 Å². The van der Waals surface area contributed by atoms with E-state index in [1.165, 1.54) is 0 Å². The summed E-state index contributed by atoms with van der Waals surface area (Å²) in [6.45, 7) is 5.88. The van der Waals surface area contributed by atoms with Gasteiger partial charge in [0, 0.05) is 40.6 Å². The van der Waals surface area contributed by atoms with Crippen LogP contribution in [0, 0.1) is 5.92 Å². The number of benzene rings is 3. The number of nitrogens with two attached hydrogens (primary N) is 1. The average Bonchev–Trinajstić information content (AvgIpc) is 3.36. The molecule has 1 fully saturated rings. The number of nitrogen functional groups attached to an aromatic ring is 1. The molecule has 9 nitrogen and oxygen atoms in total. The Labute approximate surface area is 241 Å². The molecule has 0 aromatic heterocycles. The predicted octanol–water partition coefficient (Wildman–Crippen LogP) is 4.26. The fourth-order valence-corrected chi connectivity index (χ4v) is 9.05. The lowest BCUT2D eigenvalue weighted by Crippen LogP contribution is -2.46. The molecule has 5 rings (SSSR count). The summed E-state index contributed by atoms with van der Waals surface area (Å²) in [4.78, 5) is 39.9. The van der Waals surface area contributed by atoms with Crippen molar-refractivity contribution in [3.8, 4) is 5.75 Å². The molecular formula is C31H37N3O6Si. The molecule has 0 radical (unpaired) electrons. The van der Waals surface area contributed by atoms with E-state index >= 15 is 0 Å². The summed E-state index contributed by atoms with van der Waals surface area (Å²) >= 11 is 0. The number of anilines is 3. The summed E-state index contributed by atoms with van der Waals surface area (Å²) in [5.74, 6) is -0.151. The van der Waals surface area contributed by atoms with Gasteiger partial charge in [0.1, 0.15) is 5.75 Å². The maximum atomic E-state index is 14.4. The van der Waals surface area contributed by atoms with E-state index in [1.807, 2.05) is 50.3 Å². The molecule has 0 aliphatic carbocycles. The Hall–Kier alpha value is -3.70. The van der Waals surface area contributed by atoms with Crippen LogP contribution in [0.15, 0.2) is 66.7 Å². The Kier molecular flexibility index (Phi) is 7.69. The molecule has 3 aromatic carbocycles. The molecule has 5 N–H and O–H groups in total. The van der Waals surface area contributed by atoms with E-state index in [4.69, 9.17) is 15.2 Å². The molecular weight excluding hydrogens is 538 g/mol. The van der Waals surface area contributed by atoms with Crippen LogP contribution >= 0.6 is 0 Å². The first kappa shape index (κ1) is 28.8. The minimum Gasteiger partial charge on any atom is -0.497 e. The van der Waals surface area contributed by atoms with Crippen molar-refractivity contribution in [1.29, 1.82) is 0 Å². The lowest BCUT2D eigenvalue weighted by molar-refractivity contribution is -0.146. The van der Waals surface area contributed by atoms with Gasteiger partial charge in [0.25, 0.3) is 11.8 Å². The van der Waals surface area contributed by atoms with E-state index in [2.05, 4.69) is 5.32 Å². The monoisotopic (exact) mass is 575 g/mol. The van der Waals surface area contributed by atoms with Gasteiger partial charge in [-0.3, -0.25) is 9.59 Å². The first-order chi connectivity index (χ1) is 19.5. The summed E-state index contributed by atoms with van der Waals surface area (Å²) in [5, 5.41) is 12.7. The van der Waals surface area contributed by atoms with Crippen molar-refractivity contribution in [2.45, 2.75) is 50.2 Å². The van der Waals surface area contributed by atoms with Crippen molar-refractivity contribution in [3.05, 3.63) is 83.4 Å². The van der Waals surface area contributed by atoms with Gasteiger partial charge in [-0.2, -0.15) is 0 Å². The molecule has 1 spiro atoms. The molecule has 2 aliphatic heterocycles. The molecule has 41 heavy (non-hydrogen) atoms. The van der Waals surface area contributed by atoms with Crippen LogP contribution in [-0.2, 0) is 21.7 Å². The molecule has 2 amide bonds. The van der Waals surface area contributed by atoms with Gasteiger partial charge in [-0.25, -0.2) is 0 Å². The molecule has 0 saturated carbocycles. The van der Waals surface area contributed by atoms with Crippen molar-refractivity contribution in [1.82, 2.24) is 0 Å². The molecule has 1 saturated heterocycles. The minimum absolute atomic E-state index is 0.0987. The van der Waals surface area contributed by atoms with Gasteiger partial charge >= 0.3 is 0 Å². The molecule has 0 unspecified atom stereocenters. The minimum atomic E-state index is -2.78. The number of aliphatic hydroxyl groups excluding tert-OH is 1. The van der Waals surface area contributed by atoms with Crippen molar-refractivity contribution >= 4 is 37.2 Å². The number of carbonyl (C=O) groups excluding carboxylic acids is 2. The maximum Gasteiger partial charge on any atom is 0.264 e. The highest BCUT2D eigenvalue weighted by Gasteiger charge is 2.66. The number of hydrogen-bond acceptors (Lipinski definition) is 7. The van der Waals surface area contributed by atoms with Crippen molar-refractivity contribution in [3.63, 3.8) is 0 Å². The van der Waals surface area contributed by atoms with Gasteiger partial charge in [-0.1, -0.05) is 19.1 Å². The van der Waals surface area contributed by atoms with E-state index in [0.717, 1.165) is 11.3 Å². The van der Waals surface area contributed by atoms with Gasteiger partial charge in [0.2, 0.25) is 0 Å². The third-order valence-electron chi connectivity index (χ3n) is 8.33. The topological polar surface area (TPSA) is 134 Å². The maximum absolute atomic E-state index is 14.4. The van der Waals surface area contributed by atoms with E-state index in [0.29, 0.717) is 34.7 Å². The van der Waals surface area contributed by atoms with Gasteiger partial charge in [-0.15, -0.1) is 0 Å². The number of aliphatic hydroxyl groups is 1. The van der Waals surface area contributed by atoms with Crippen LogP contribution in [0.2, 0.25) is 18.6 Å². The molecule has 0 bridgehead atoms. The average molecular weight is 576 g/mol. The summed E-state index contributed by atoms with van der Waals surface area (Å²) < 4.78 is 12.1. The molecule has 3 aromatic rings. The highest BCUT2D eigenvalue weighted by Crippen LogP contribution is 2.60. The van der Waals surface area contributed by atoms with Crippen molar-refractivity contribution in [2.75, 3.05) is 29.7 Å². The first-order valence-corrected chi connectivity index (χ1v) is 16.8. The number of amides is 2. The van der Waals surface area contributed by atoms with Crippen LogP contribution in [0.5, 0.6) is 5.75 Å². The van der Waals surface area contributed by atoms with Crippen LogP contribution in [-0.4, -0.2) is 49.9 Å². The van der Waals surface area contributed by atoms with Crippen LogP contribution in [0.3, 0.4) is 0 Å². The lowest BCUT2D eigenvalue weighted by atomic mass is 9.82. The second-order valence-corrected chi connectivity index (χ2v) is 15.4. The number of rotatable bonds is 8. The fourth-order valence-electron chi connectivity index (χ4n) is 6.45. The van der Waals surface area contributed by atoms with Crippen LogP contribution in [0.1, 0.15) is 34.8 Å². The standard InChI is InChI=1S/C31H37N3O6Si/c1-19-28(41(3,4)38)27(15-16-35)40-31(19)25-17-24(39-2)13-14-26(25)34(30(31)37)18-20-5-11-23(12-6-20)33-29(36)21-7-9-22(32)10-8-21/h5-14,17,19,27-28,35,38H,15-16,18,32H2,1-4H3,(H,33,36)/t19-,27+,28-,31+/m0/s1. The third kappa shape index (κ3) is 5.12. The molecule has 2 aliphatic rings. The fraction of sp³-hybridized carbons (Fsp3) is 0.355. The van der Waals surface area contributed by atoms with Crippen molar-refractivity contribution < 1.29 is 29.0 Å². The van der Waals surface area contributed by atoms with E-state index in [-0.39, 0.29) is 36.4 Å². The molecule has 10 heteroatoms. The zero-order chi connectivity index (χ0) is 29.5. The van der Waals surface area contributed by atoms with E-state index in [9.17, 15) is 19.5 Å². The Morgan fingerprint density at radius 1 is 1.12 bits per heavy atom. The number of fused-ring (bicyclic) bond motifs is 2. The predicted molar refractivity (Wildman–Crippen MR) is 160 cm³/mol. The second kappa shape index (κ2) is 10.9.